The van der Waals surface area contributed by atoms with Gasteiger partial charge in [0, 0.05) is 25.3 Å². The molecule has 2 aliphatic heterocycles. The molecule has 1 unspecified atom stereocenters. The summed E-state index contributed by atoms with van der Waals surface area (Å²) in [5.74, 6) is -1.02. The number of likely N-dealkylation sites (tertiary alicyclic amines) is 1. The summed E-state index contributed by atoms with van der Waals surface area (Å²) in [6, 6.07) is 8.48. The van der Waals surface area contributed by atoms with Gasteiger partial charge >= 0.3 is 12.1 Å². The molecule has 3 aliphatic rings. The zero-order valence-corrected chi connectivity index (χ0v) is 16.7. The van der Waals surface area contributed by atoms with E-state index in [0.29, 0.717) is 11.8 Å². The molecule has 1 aromatic carbocycles. The number of halogens is 3. The van der Waals surface area contributed by atoms with Crippen LogP contribution in [0.5, 0.6) is 0 Å². The van der Waals surface area contributed by atoms with Gasteiger partial charge in [0.15, 0.2) is 0 Å². The van der Waals surface area contributed by atoms with Crippen molar-refractivity contribution in [2.45, 2.75) is 44.7 Å². The smallest absolute Gasteiger partial charge is 0.475 e. The maximum atomic E-state index is 13.3. The Morgan fingerprint density at radius 1 is 1.28 bits per heavy atom. The van der Waals surface area contributed by atoms with Gasteiger partial charge in [-0.15, -0.1) is 0 Å². The number of hydrogen-bond donors (Lipinski definition) is 1. The van der Waals surface area contributed by atoms with E-state index in [2.05, 4.69) is 47.9 Å². The first-order valence-corrected chi connectivity index (χ1v) is 9.98. The van der Waals surface area contributed by atoms with Gasteiger partial charge in [0.05, 0.1) is 5.41 Å². The van der Waals surface area contributed by atoms with Gasteiger partial charge in [0.25, 0.3) is 0 Å². The number of carbonyl (C=O) groups is 2. The number of benzene rings is 1. The van der Waals surface area contributed by atoms with E-state index in [-0.39, 0.29) is 5.41 Å². The van der Waals surface area contributed by atoms with Crippen LogP contribution in [0.25, 0.3) is 0 Å². The van der Waals surface area contributed by atoms with E-state index in [1.54, 1.807) is 0 Å². The molecular weight excluding hydrogens is 385 g/mol. The Kier molecular flexibility index (Phi) is 5.94. The zero-order valence-electron chi connectivity index (χ0n) is 16.7. The Labute approximate surface area is 168 Å². The number of fused-ring (bicyclic) bond motifs is 2. The van der Waals surface area contributed by atoms with Gasteiger partial charge < -0.3 is 14.9 Å². The fourth-order valence-electron chi connectivity index (χ4n) is 4.25. The quantitative estimate of drug-likeness (QED) is 0.820. The summed E-state index contributed by atoms with van der Waals surface area (Å²) < 4.78 is 31.7. The van der Waals surface area contributed by atoms with Gasteiger partial charge in [0.2, 0.25) is 5.91 Å². The molecule has 0 aromatic heterocycles. The van der Waals surface area contributed by atoms with E-state index >= 15 is 0 Å². The van der Waals surface area contributed by atoms with Crippen LogP contribution in [0.15, 0.2) is 24.3 Å². The second kappa shape index (κ2) is 7.97. The molecule has 0 bridgehead atoms. The Morgan fingerprint density at radius 2 is 1.90 bits per heavy atom. The molecule has 1 aromatic rings. The standard InChI is InChI=1S/C19H26N2O.C2HF3O2/c1-14(2)11-21-17-6-4-3-5-16(17)19(18(21)22)9-10-20(13-19)12-15-7-8-15;3-2(4,5)1(6)7/h3-6,14-15H,7-13H2,1-2H3;(H,6,7). The number of carboxylic acid groups (broad SMARTS) is 1. The lowest BCUT2D eigenvalue weighted by molar-refractivity contribution is -0.192. The number of para-hydroxylation sites is 1. The molecule has 1 saturated heterocycles. The van der Waals surface area contributed by atoms with Crippen molar-refractivity contribution in [3.63, 3.8) is 0 Å². The minimum atomic E-state index is -5.08. The normalized spacial score (nSPS) is 24.1. The topological polar surface area (TPSA) is 60.9 Å². The molecule has 1 aliphatic carbocycles. The highest BCUT2D eigenvalue weighted by Crippen LogP contribution is 2.48. The van der Waals surface area contributed by atoms with E-state index in [1.807, 2.05) is 0 Å². The fourth-order valence-corrected chi connectivity index (χ4v) is 4.25. The predicted octanol–water partition coefficient (Wildman–Crippen LogP) is 3.68. The molecule has 1 N–H and O–H groups in total. The molecular formula is C21H27F3N2O3. The van der Waals surface area contributed by atoms with Crippen molar-refractivity contribution in [1.82, 2.24) is 4.90 Å². The zero-order chi connectivity index (χ0) is 21.4. The van der Waals surface area contributed by atoms with Crippen LogP contribution in [0.2, 0.25) is 0 Å². The summed E-state index contributed by atoms with van der Waals surface area (Å²) >= 11 is 0. The number of amides is 1. The molecule has 0 radical (unpaired) electrons. The highest BCUT2D eigenvalue weighted by atomic mass is 19.4. The molecule has 160 valence electrons. The van der Waals surface area contributed by atoms with Gasteiger partial charge in [0.1, 0.15) is 0 Å². The van der Waals surface area contributed by atoms with Crippen molar-refractivity contribution in [1.29, 1.82) is 0 Å². The second-order valence-corrected chi connectivity index (χ2v) is 8.64. The average Bonchev–Trinajstić information content (AvgIpc) is 3.30. The Bertz CT molecular complexity index is 777. The Hall–Kier alpha value is -2.09. The number of anilines is 1. The third-order valence-corrected chi connectivity index (χ3v) is 5.72. The molecule has 29 heavy (non-hydrogen) atoms. The van der Waals surface area contributed by atoms with Crippen molar-refractivity contribution in [2.24, 2.45) is 11.8 Å². The van der Waals surface area contributed by atoms with Crippen LogP contribution in [0.1, 0.15) is 38.7 Å². The van der Waals surface area contributed by atoms with Crippen LogP contribution in [0.3, 0.4) is 0 Å². The summed E-state index contributed by atoms with van der Waals surface area (Å²) in [5, 5.41) is 7.12. The van der Waals surface area contributed by atoms with Crippen LogP contribution in [-0.2, 0) is 15.0 Å². The number of carbonyl (C=O) groups excluding carboxylic acids is 1. The van der Waals surface area contributed by atoms with Crippen molar-refractivity contribution in [3.05, 3.63) is 29.8 Å². The van der Waals surface area contributed by atoms with Gasteiger partial charge in [-0.3, -0.25) is 4.79 Å². The van der Waals surface area contributed by atoms with E-state index in [0.717, 1.165) is 37.7 Å². The van der Waals surface area contributed by atoms with Crippen molar-refractivity contribution in [3.8, 4) is 0 Å². The SMILES string of the molecule is CC(C)CN1C(=O)C2(CCN(CC3CC3)C2)c2ccccc21.O=C(O)C(F)(F)F. The summed E-state index contributed by atoms with van der Waals surface area (Å²) in [6.07, 6.45) is -1.33. The Balaban J connectivity index is 0.000000298. The molecule has 1 amide bonds. The van der Waals surface area contributed by atoms with Crippen LogP contribution in [0, 0.1) is 11.8 Å². The lowest BCUT2D eigenvalue weighted by Gasteiger charge is -2.25. The molecule has 1 atom stereocenters. The van der Waals surface area contributed by atoms with Crippen LogP contribution in [0.4, 0.5) is 18.9 Å². The van der Waals surface area contributed by atoms with E-state index < -0.39 is 12.1 Å². The minimum Gasteiger partial charge on any atom is -0.475 e. The predicted molar refractivity (Wildman–Crippen MR) is 103 cm³/mol. The number of hydrogen-bond acceptors (Lipinski definition) is 3. The second-order valence-electron chi connectivity index (χ2n) is 8.64. The van der Waals surface area contributed by atoms with Crippen LogP contribution < -0.4 is 4.90 Å². The fraction of sp³-hybridized carbons (Fsp3) is 0.619. The monoisotopic (exact) mass is 412 g/mol. The number of carboxylic acids is 1. The van der Waals surface area contributed by atoms with Crippen molar-refractivity contribution < 1.29 is 27.9 Å². The van der Waals surface area contributed by atoms with Crippen molar-refractivity contribution in [2.75, 3.05) is 31.1 Å². The summed E-state index contributed by atoms with van der Waals surface area (Å²) in [5.41, 5.74) is 2.17. The average molecular weight is 412 g/mol. The number of alkyl halides is 3. The van der Waals surface area contributed by atoms with Gasteiger partial charge in [-0.25, -0.2) is 4.79 Å². The lowest BCUT2D eigenvalue weighted by Crippen LogP contribution is -2.43. The first kappa shape index (κ1) is 21.6. The summed E-state index contributed by atoms with van der Waals surface area (Å²) in [7, 11) is 0. The molecule has 4 rings (SSSR count). The van der Waals surface area contributed by atoms with E-state index in [4.69, 9.17) is 9.90 Å². The molecule has 2 heterocycles. The third-order valence-electron chi connectivity index (χ3n) is 5.72. The number of aliphatic carboxylic acids is 1. The Morgan fingerprint density at radius 3 is 2.45 bits per heavy atom. The van der Waals surface area contributed by atoms with Gasteiger partial charge in [-0.05, 0) is 49.3 Å². The largest absolute Gasteiger partial charge is 0.490 e. The molecule has 2 fully saturated rings. The van der Waals surface area contributed by atoms with E-state index in [9.17, 15) is 18.0 Å². The van der Waals surface area contributed by atoms with E-state index in [1.165, 1.54) is 24.9 Å². The van der Waals surface area contributed by atoms with Crippen molar-refractivity contribution >= 4 is 17.6 Å². The number of rotatable bonds is 4. The summed E-state index contributed by atoms with van der Waals surface area (Å²) in [4.78, 5) is 26.8. The van der Waals surface area contributed by atoms with Crippen LogP contribution >= 0.6 is 0 Å². The maximum Gasteiger partial charge on any atom is 0.490 e. The molecule has 5 nitrogen and oxygen atoms in total. The molecule has 8 heteroatoms. The number of nitrogens with zero attached hydrogens (tertiary/aromatic N) is 2. The van der Waals surface area contributed by atoms with Gasteiger partial charge in [-0.1, -0.05) is 32.0 Å². The van der Waals surface area contributed by atoms with Gasteiger partial charge in [-0.2, -0.15) is 13.2 Å². The van der Waals surface area contributed by atoms with Crippen LogP contribution in [-0.4, -0.2) is 54.2 Å². The molecule has 1 spiro atoms. The minimum absolute atomic E-state index is 0.264. The highest BCUT2D eigenvalue weighted by Gasteiger charge is 2.54. The highest BCUT2D eigenvalue weighted by molar-refractivity contribution is 6.08. The lowest BCUT2D eigenvalue weighted by atomic mass is 9.81. The summed E-state index contributed by atoms with van der Waals surface area (Å²) in [6.45, 7) is 8.41. The first-order valence-electron chi connectivity index (χ1n) is 9.98. The maximum absolute atomic E-state index is 13.3. The first-order chi connectivity index (χ1) is 13.5. The third kappa shape index (κ3) is 4.57. The molecule has 1 saturated carbocycles.